The van der Waals surface area contributed by atoms with E-state index < -0.39 is 10.0 Å². The fourth-order valence-electron chi connectivity index (χ4n) is 5.73. The average Bonchev–Trinajstić information content (AvgIpc) is 3.41. The summed E-state index contributed by atoms with van der Waals surface area (Å²) in [6.45, 7) is 4.38. The highest BCUT2D eigenvalue weighted by Gasteiger charge is 2.35. The number of carbonyl (C=O) groups is 1. The highest BCUT2D eigenvalue weighted by atomic mass is 32.2. The van der Waals surface area contributed by atoms with E-state index in [1.807, 2.05) is 62.4 Å². The lowest BCUT2D eigenvalue weighted by Crippen LogP contribution is -2.44. The number of rotatable bonds is 9. The van der Waals surface area contributed by atoms with Crippen molar-refractivity contribution in [3.05, 3.63) is 125 Å². The second-order valence-corrected chi connectivity index (χ2v) is 12.8. The van der Waals surface area contributed by atoms with E-state index in [1.165, 1.54) is 3.97 Å². The van der Waals surface area contributed by atoms with Crippen LogP contribution in [-0.4, -0.2) is 44.8 Å². The zero-order valence-corrected chi connectivity index (χ0v) is 25.7. The van der Waals surface area contributed by atoms with Crippen LogP contribution in [0.1, 0.15) is 32.6 Å². The molecular formula is C35H34N2O6S. The molecule has 4 aromatic carbocycles. The van der Waals surface area contributed by atoms with Gasteiger partial charge in [0, 0.05) is 36.7 Å². The van der Waals surface area contributed by atoms with E-state index in [4.69, 9.17) is 14.2 Å². The third-order valence-electron chi connectivity index (χ3n) is 7.89. The van der Waals surface area contributed by atoms with Crippen molar-refractivity contribution in [2.75, 3.05) is 25.3 Å². The van der Waals surface area contributed by atoms with Gasteiger partial charge in [-0.05, 0) is 54.8 Å². The molecule has 5 aromatic rings. The molecule has 0 aliphatic carbocycles. The van der Waals surface area contributed by atoms with Gasteiger partial charge >= 0.3 is 0 Å². The first kappa shape index (κ1) is 29.6. The third kappa shape index (κ3) is 5.61. The van der Waals surface area contributed by atoms with Crippen LogP contribution in [0.25, 0.3) is 10.9 Å². The topological polar surface area (TPSA) is 87.1 Å². The van der Waals surface area contributed by atoms with Gasteiger partial charge in [0.1, 0.15) is 24.7 Å². The maximum Gasteiger partial charge on any atom is 0.268 e. The minimum Gasteiger partial charge on any atom is -0.487 e. The highest BCUT2D eigenvalue weighted by molar-refractivity contribution is 7.90. The predicted octanol–water partition coefficient (Wildman–Crippen LogP) is 6.27. The van der Waals surface area contributed by atoms with Gasteiger partial charge in [-0.25, -0.2) is 12.4 Å². The minimum atomic E-state index is -3.99. The van der Waals surface area contributed by atoms with Crippen molar-refractivity contribution in [3.63, 3.8) is 0 Å². The number of benzene rings is 4. The summed E-state index contributed by atoms with van der Waals surface area (Å²) >= 11 is 0. The van der Waals surface area contributed by atoms with Crippen LogP contribution in [0.4, 0.5) is 5.69 Å². The van der Waals surface area contributed by atoms with E-state index in [0.29, 0.717) is 35.5 Å². The normalized spacial score (nSPS) is 14.9. The smallest absolute Gasteiger partial charge is 0.268 e. The summed E-state index contributed by atoms with van der Waals surface area (Å²) in [6.07, 6.45) is 1.73. The van der Waals surface area contributed by atoms with Crippen molar-refractivity contribution in [3.8, 4) is 5.75 Å². The Morgan fingerprint density at radius 3 is 2.30 bits per heavy atom. The molecule has 0 saturated carbocycles. The molecule has 1 unspecified atom stereocenters. The summed E-state index contributed by atoms with van der Waals surface area (Å²) in [7, 11) is -2.44. The molecule has 0 radical (unpaired) electrons. The third-order valence-corrected chi connectivity index (χ3v) is 9.56. The first-order chi connectivity index (χ1) is 21.3. The Labute approximate surface area is 257 Å². The number of nitrogens with zero attached hydrogens (tertiary/aromatic N) is 2. The van der Waals surface area contributed by atoms with Gasteiger partial charge in [-0.1, -0.05) is 66.2 Å². The van der Waals surface area contributed by atoms with Crippen LogP contribution in [0.3, 0.4) is 0 Å². The molecule has 0 spiro atoms. The van der Waals surface area contributed by atoms with E-state index in [2.05, 4.69) is 0 Å². The second kappa shape index (κ2) is 12.3. The standard InChI is InChI=1S/C35H34N2O6S/c1-24-14-16-29(17-15-24)44(39,40)37-20-25(2)33-30-18-28(43-23-41-3)21-36(35(38)27-12-8-5-9-13-27)31(30)19-32(34(33)37)42-22-26-10-6-4-7-11-26/h4-17,19-20,28H,18,21-23H2,1-3H3. The Morgan fingerprint density at radius 1 is 0.932 bits per heavy atom. The predicted molar refractivity (Wildman–Crippen MR) is 170 cm³/mol. The number of methoxy groups -OCH3 is 1. The summed E-state index contributed by atoms with van der Waals surface area (Å²) < 4.78 is 47.2. The Bertz CT molecular complexity index is 1900. The van der Waals surface area contributed by atoms with Crippen LogP contribution < -0.4 is 9.64 Å². The number of anilines is 1. The first-order valence-electron chi connectivity index (χ1n) is 14.4. The molecule has 9 heteroatoms. The molecule has 226 valence electrons. The van der Waals surface area contributed by atoms with Gasteiger partial charge < -0.3 is 19.1 Å². The van der Waals surface area contributed by atoms with Crippen molar-refractivity contribution >= 4 is 32.5 Å². The highest BCUT2D eigenvalue weighted by Crippen LogP contribution is 2.44. The van der Waals surface area contributed by atoms with Gasteiger partial charge in [-0.2, -0.15) is 0 Å². The van der Waals surface area contributed by atoms with Gasteiger partial charge in [0.25, 0.3) is 15.9 Å². The Hall–Kier alpha value is -4.44. The average molecular weight is 611 g/mol. The molecule has 1 atom stereocenters. The summed E-state index contributed by atoms with van der Waals surface area (Å²) in [5, 5.41) is 0.720. The number of aryl methyl sites for hydroxylation is 2. The molecule has 6 rings (SSSR count). The van der Waals surface area contributed by atoms with Crippen molar-refractivity contribution < 1.29 is 27.4 Å². The maximum absolute atomic E-state index is 14.1. The van der Waals surface area contributed by atoms with Gasteiger partial charge in [0.05, 0.1) is 23.2 Å². The molecule has 1 amide bonds. The molecule has 0 N–H and O–H groups in total. The SMILES string of the molecule is COCOC1Cc2c(cc(OCc3ccccc3)c3c2c(C)cn3S(=O)(=O)c2ccc(C)cc2)N(C(=O)c2ccccc2)C1. The molecular weight excluding hydrogens is 576 g/mol. The monoisotopic (exact) mass is 610 g/mol. The Balaban J connectivity index is 1.57. The first-order valence-corrected chi connectivity index (χ1v) is 15.9. The van der Waals surface area contributed by atoms with E-state index in [0.717, 1.165) is 27.6 Å². The van der Waals surface area contributed by atoms with Gasteiger partial charge in [0.15, 0.2) is 0 Å². The molecule has 0 bridgehead atoms. The maximum atomic E-state index is 14.1. The molecule has 1 aliphatic rings. The van der Waals surface area contributed by atoms with Crippen LogP contribution in [0, 0.1) is 13.8 Å². The minimum absolute atomic E-state index is 0.0660. The number of carbonyl (C=O) groups excluding carboxylic acids is 1. The number of hydrogen-bond donors (Lipinski definition) is 0. The number of amides is 1. The molecule has 2 heterocycles. The summed E-state index contributed by atoms with van der Waals surface area (Å²) in [5.74, 6) is 0.184. The summed E-state index contributed by atoms with van der Waals surface area (Å²) in [6, 6.07) is 27.4. The van der Waals surface area contributed by atoms with E-state index in [-0.39, 0.29) is 30.3 Å². The number of aromatic nitrogens is 1. The number of hydrogen-bond acceptors (Lipinski definition) is 6. The molecule has 1 aromatic heterocycles. The van der Waals surface area contributed by atoms with Crippen molar-refractivity contribution in [2.24, 2.45) is 0 Å². The van der Waals surface area contributed by atoms with E-state index in [1.54, 1.807) is 60.7 Å². The zero-order valence-electron chi connectivity index (χ0n) is 24.9. The fourth-order valence-corrected chi connectivity index (χ4v) is 7.15. The van der Waals surface area contributed by atoms with Gasteiger partial charge in [-0.3, -0.25) is 4.79 Å². The molecule has 44 heavy (non-hydrogen) atoms. The lowest BCUT2D eigenvalue weighted by atomic mass is 9.93. The van der Waals surface area contributed by atoms with Gasteiger partial charge in [-0.15, -0.1) is 0 Å². The van der Waals surface area contributed by atoms with Crippen molar-refractivity contribution in [1.29, 1.82) is 0 Å². The lowest BCUT2D eigenvalue weighted by Gasteiger charge is -2.35. The van der Waals surface area contributed by atoms with E-state index in [9.17, 15) is 13.2 Å². The fraction of sp³-hybridized carbons (Fsp3) is 0.229. The Morgan fingerprint density at radius 2 is 1.61 bits per heavy atom. The van der Waals surface area contributed by atoms with Gasteiger partial charge in [0.2, 0.25) is 0 Å². The van der Waals surface area contributed by atoms with Crippen LogP contribution in [-0.2, 0) is 32.5 Å². The van der Waals surface area contributed by atoms with E-state index >= 15 is 0 Å². The van der Waals surface area contributed by atoms with Crippen LogP contribution in [0.2, 0.25) is 0 Å². The quantitative estimate of drug-likeness (QED) is 0.183. The summed E-state index contributed by atoms with van der Waals surface area (Å²) in [5.41, 5.74) is 5.09. The molecule has 1 aliphatic heterocycles. The zero-order chi connectivity index (χ0) is 30.8. The molecule has 8 nitrogen and oxygen atoms in total. The van der Waals surface area contributed by atoms with Crippen molar-refractivity contribution in [1.82, 2.24) is 3.97 Å². The largest absolute Gasteiger partial charge is 0.487 e. The summed E-state index contributed by atoms with van der Waals surface area (Å²) in [4.78, 5) is 15.8. The lowest BCUT2D eigenvalue weighted by molar-refractivity contribution is -0.0688. The number of fused-ring (bicyclic) bond motifs is 3. The van der Waals surface area contributed by atoms with Crippen LogP contribution in [0.15, 0.2) is 102 Å². The van der Waals surface area contributed by atoms with Crippen LogP contribution >= 0.6 is 0 Å². The van der Waals surface area contributed by atoms with Crippen LogP contribution in [0.5, 0.6) is 5.75 Å². The second-order valence-electron chi connectivity index (χ2n) is 11.0. The van der Waals surface area contributed by atoms with Crippen molar-refractivity contribution in [2.45, 2.75) is 37.9 Å². The Kier molecular flexibility index (Phi) is 8.27. The molecule has 0 saturated heterocycles. The number of ether oxygens (including phenoxy) is 3. The molecule has 0 fully saturated rings.